The maximum atomic E-state index is 11.4. The monoisotopic (exact) mass is 276 g/mol. The number of ether oxygens (including phenoxy) is 1. The lowest BCUT2D eigenvalue weighted by molar-refractivity contribution is -0.126. The molecule has 0 saturated carbocycles. The van der Waals surface area contributed by atoms with Crippen LogP contribution in [-0.4, -0.2) is 12.5 Å². The van der Waals surface area contributed by atoms with Gasteiger partial charge in [0.25, 0.3) is 0 Å². The molecule has 0 aromatic heterocycles. The molecule has 1 atom stereocenters. The fraction of sp³-hybridized carbons (Fsp3) is 0.562. The summed E-state index contributed by atoms with van der Waals surface area (Å²) in [6.07, 6.45) is 0.530. The van der Waals surface area contributed by atoms with Gasteiger partial charge in [-0.1, -0.05) is 33.8 Å². The molecule has 0 radical (unpaired) electrons. The van der Waals surface area contributed by atoms with Gasteiger partial charge in [-0.05, 0) is 24.1 Å². The van der Waals surface area contributed by atoms with E-state index < -0.39 is 5.41 Å². The topological polar surface area (TPSA) is 78.3 Å². The van der Waals surface area contributed by atoms with Gasteiger partial charge in [0.05, 0.1) is 6.61 Å². The van der Waals surface area contributed by atoms with E-state index in [-0.39, 0.29) is 17.4 Å². The summed E-state index contributed by atoms with van der Waals surface area (Å²) in [4.78, 5) is 11.4. The molecule has 1 aliphatic heterocycles. The van der Waals surface area contributed by atoms with E-state index in [2.05, 4.69) is 19.9 Å². The summed E-state index contributed by atoms with van der Waals surface area (Å²) in [5.41, 5.74) is 13.3. The number of primary amides is 1. The second-order valence-electron chi connectivity index (χ2n) is 6.99. The van der Waals surface area contributed by atoms with Crippen molar-refractivity contribution in [3.05, 3.63) is 29.3 Å². The molecule has 1 heterocycles. The van der Waals surface area contributed by atoms with Crippen LogP contribution < -0.4 is 16.2 Å². The fourth-order valence-corrected chi connectivity index (χ4v) is 2.54. The average molecular weight is 276 g/mol. The van der Waals surface area contributed by atoms with Crippen LogP contribution in [0.3, 0.4) is 0 Å². The smallest absolute Gasteiger partial charge is 0.223 e. The molecule has 1 aliphatic rings. The highest BCUT2D eigenvalue weighted by Gasteiger charge is 2.33. The Morgan fingerprint density at radius 1 is 1.45 bits per heavy atom. The molecule has 4 nitrogen and oxygen atoms in total. The number of benzene rings is 1. The standard InChI is InChI=1S/C16H24N2O2/c1-15(2,14(18)19)8-12(17)10-5-6-13-11(7-10)16(3,4)9-20-13/h5-7,12H,8-9,17H2,1-4H3,(H2,18,19). The zero-order chi connectivity index (χ0) is 15.1. The van der Waals surface area contributed by atoms with Crippen molar-refractivity contribution in [3.8, 4) is 5.75 Å². The van der Waals surface area contributed by atoms with Crippen molar-refractivity contribution < 1.29 is 9.53 Å². The van der Waals surface area contributed by atoms with E-state index in [1.807, 2.05) is 26.0 Å². The minimum atomic E-state index is -0.607. The molecule has 0 bridgehead atoms. The third kappa shape index (κ3) is 2.66. The first-order valence-electron chi connectivity index (χ1n) is 6.96. The third-order valence-electron chi connectivity index (χ3n) is 4.15. The zero-order valence-corrected chi connectivity index (χ0v) is 12.7. The molecule has 0 spiro atoms. The predicted octanol–water partition coefficient (Wildman–Crippen LogP) is 2.26. The quantitative estimate of drug-likeness (QED) is 0.885. The second kappa shape index (κ2) is 4.77. The summed E-state index contributed by atoms with van der Waals surface area (Å²) in [5, 5.41) is 0. The van der Waals surface area contributed by atoms with Gasteiger partial charge in [-0.2, -0.15) is 0 Å². The van der Waals surface area contributed by atoms with Crippen molar-refractivity contribution in [2.45, 2.75) is 45.6 Å². The van der Waals surface area contributed by atoms with Gasteiger partial charge in [-0.3, -0.25) is 4.79 Å². The lowest BCUT2D eigenvalue weighted by atomic mass is 9.81. The lowest BCUT2D eigenvalue weighted by Gasteiger charge is -2.25. The highest BCUT2D eigenvalue weighted by molar-refractivity contribution is 5.79. The van der Waals surface area contributed by atoms with Crippen molar-refractivity contribution in [2.24, 2.45) is 16.9 Å². The first-order chi connectivity index (χ1) is 9.13. The second-order valence-corrected chi connectivity index (χ2v) is 6.99. The Morgan fingerprint density at radius 2 is 2.10 bits per heavy atom. The molecule has 2 rings (SSSR count). The van der Waals surface area contributed by atoms with E-state index in [0.717, 1.165) is 11.3 Å². The molecule has 0 fully saturated rings. The number of hydrogen-bond donors (Lipinski definition) is 2. The molecule has 1 aromatic carbocycles. The first-order valence-corrected chi connectivity index (χ1v) is 6.96. The fourth-order valence-electron chi connectivity index (χ4n) is 2.54. The van der Waals surface area contributed by atoms with Gasteiger partial charge < -0.3 is 16.2 Å². The highest BCUT2D eigenvalue weighted by Crippen LogP contribution is 2.40. The van der Waals surface area contributed by atoms with Gasteiger partial charge in [0.15, 0.2) is 0 Å². The van der Waals surface area contributed by atoms with E-state index >= 15 is 0 Å². The van der Waals surface area contributed by atoms with Gasteiger partial charge in [0.1, 0.15) is 5.75 Å². The maximum absolute atomic E-state index is 11.4. The average Bonchev–Trinajstić information content (AvgIpc) is 2.64. The van der Waals surface area contributed by atoms with E-state index in [0.29, 0.717) is 13.0 Å². The van der Waals surface area contributed by atoms with Crippen LogP contribution in [0.5, 0.6) is 5.75 Å². The normalized spacial score (nSPS) is 18.2. The van der Waals surface area contributed by atoms with Crippen LogP contribution in [-0.2, 0) is 10.2 Å². The van der Waals surface area contributed by atoms with Gasteiger partial charge in [0.2, 0.25) is 5.91 Å². The minimum absolute atomic E-state index is 0.00423. The molecule has 4 heteroatoms. The molecule has 4 N–H and O–H groups in total. The molecule has 1 amide bonds. The van der Waals surface area contributed by atoms with Crippen LogP contribution in [0.2, 0.25) is 0 Å². The van der Waals surface area contributed by atoms with Crippen LogP contribution in [0.15, 0.2) is 18.2 Å². The highest BCUT2D eigenvalue weighted by atomic mass is 16.5. The number of rotatable bonds is 4. The van der Waals surface area contributed by atoms with Gasteiger partial charge >= 0.3 is 0 Å². The number of carbonyl (C=O) groups excluding carboxylic acids is 1. The summed E-state index contributed by atoms with van der Waals surface area (Å²) in [6, 6.07) is 5.84. The molecule has 1 unspecified atom stereocenters. The minimum Gasteiger partial charge on any atom is -0.492 e. The van der Waals surface area contributed by atoms with Crippen molar-refractivity contribution in [2.75, 3.05) is 6.61 Å². The number of carbonyl (C=O) groups is 1. The Labute approximate surface area is 120 Å². The van der Waals surface area contributed by atoms with Crippen LogP contribution in [0.1, 0.15) is 51.3 Å². The Morgan fingerprint density at radius 3 is 2.70 bits per heavy atom. The largest absolute Gasteiger partial charge is 0.492 e. The van der Waals surface area contributed by atoms with Crippen LogP contribution in [0.4, 0.5) is 0 Å². The lowest BCUT2D eigenvalue weighted by Crippen LogP contribution is -2.34. The summed E-state index contributed by atoms with van der Waals surface area (Å²) in [5.74, 6) is 0.609. The Hall–Kier alpha value is -1.55. The van der Waals surface area contributed by atoms with Gasteiger partial charge in [0, 0.05) is 22.4 Å². The number of fused-ring (bicyclic) bond motifs is 1. The van der Waals surface area contributed by atoms with Crippen molar-refractivity contribution in [3.63, 3.8) is 0 Å². The third-order valence-corrected chi connectivity index (χ3v) is 4.15. The Bertz CT molecular complexity index is 535. The summed E-state index contributed by atoms with van der Waals surface area (Å²) < 4.78 is 5.67. The molecule has 110 valence electrons. The summed E-state index contributed by atoms with van der Waals surface area (Å²) >= 11 is 0. The number of hydrogen-bond acceptors (Lipinski definition) is 3. The molecule has 20 heavy (non-hydrogen) atoms. The summed E-state index contributed by atoms with van der Waals surface area (Å²) in [6.45, 7) is 8.65. The Balaban J connectivity index is 2.25. The van der Waals surface area contributed by atoms with Crippen LogP contribution in [0.25, 0.3) is 0 Å². The van der Waals surface area contributed by atoms with Crippen LogP contribution >= 0.6 is 0 Å². The van der Waals surface area contributed by atoms with E-state index in [1.54, 1.807) is 0 Å². The molecular weight excluding hydrogens is 252 g/mol. The molecular formula is C16H24N2O2. The van der Waals surface area contributed by atoms with Crippen molar-refractivity contribution in [1.29, 1.82) is 0 Å². The zero-order valence-electron chi connectivity index (χ0n) is 12.7. The van der Waals surface area contributed by atoms with Gasteiger partial charge in [-0.15, -0.1) is 0 Å². The SMILES string of the molecule is CC(C)(CC(N)c1ccc2c(c1)C(C)(C)CO2)C(N)=O. The maximum Gasteiger partial charge on any atom is 0.223 e. The van der Waals surface area contributed by atoms with Crippen molar-refractivity contribution in [1.82, 2.24) is 0 Å². The van der Waals surface area contributed by atoms with E-state index in [9.17, 15) is 4.79 Å². The van der Waals surface area contributed by atoms with Crippen LogP contribution in [0, 0.1) is 5.41 Å². The molecule has 0 saturated heterocycles. The van der Waals surface area contributed by atoms with Gasteiger partial charge in [-0.25, -0.2) is 0 Å². The summed E-state index contributed by atoms with van der Waals surface area (Å²) in [7, 11) is 0. The molecule has 0 aliphatic carbocycles. The number of nitrogens with two attached hydrogens (primary N) is 2. The molecule has 1 aromatic rings. The predicted molar refractivity (Wildman–Crippen MR) is 79.5 cm³/mol. The van der Waals surface area contributed by atoms with Crippen molar-refractivity contribution >= 4 is 5.91 Å². The van der Waals surface area contributed by atoms with E-state index in [4.69, 9.17) is 16.2 Å². The van der Waals surface area contributed by atoms with E-state index in [1.165, 1.54) is 5.56 Å². The number of amides is 1. The Kier molecular flexibility index (Phi) is 3.54. The first kappa shape index (κ1) is 14.9.